The molecule has 1 N–H and O–H groups in total. The first-order valence-corrected chi connectivity index (χ1v) is 6.22. The third-order valence-electron chi connectivity index (χ3n) is 3.50. The van der Waals surface area contributed by atoms with Gasteiger partial charge in [-0.2, -0.15) is 22.5 Å². The maximum absolute atomic E-state index is 13.6. The van der Waals surface area contributed by atoms with Crippen molar-refractivity contribution in [2.45, 2.75) is 18.9 Å². The van der Waals surface area contributed by atoms with Gasteiger partial charge in [-0.05, 0) is 36.1 Å². The lowest BCUT2D eigenvalue weighted by molar-refractivity contribution is 0.409. The molecule has 7 heteroatoms. The number of hydrogen-bond acceptors (Lipinski definition) is 2. The highest BCUT2D eigenvalue weighted by Gasteiger charge is 2.27. The van der Waals surface area contributed by atoms with Crippen LogP contribution in [0.2, 0.25) is 0 Å². The Bertz CT molecular complexity index is 691. The van der Waals surface area contributed by atoms with E-state index in [2.05, 4.69) is 10.3 Å². The van der Waals surface area contributed by atoms with E-state index < -0.39 is 41.1 Å². The summed E-state index contributed by atoms with van der Waals surface area (Å²) in [6.07, 6.45) is 0.938. The van der Waals surface area contributed by atoms with Gasteiger partial charge in [-0.1, -0.05) is 6.07 Å². The fourth-order valence-corrected chi connectivity index (χ4v) is 2.52. The van der Waals surface area contributed by atoms with Crippen LogP contribution >= 0.6 is 0 Å². The SMILES string of the molecule is Fc1ccc2c(c1)CCC2Nc1c(F)c(F)nc(F)c1F. The van der Waals surface area contributed by atoms with Crippen LogP contribution in [0.25, 0.3) is 0 Å². The quantitative estimate of drug-likeness (QED) is 0.672. The molecule has 0 spiro atoms. The van der Waals surface area contributed by atoms with Gasteiger partial charge in [0.25, 0.3) is 11.9 Å². The normalized spacial score (nSPS) is 16.9. The molecule has 0 fully saturated rings. The number of halogens is 5. The van der Waals surface area contributed by atoms with Crippen LogP contribution in [0.4, 0.5) is 27.6 Å². The summed E-state index contributed by atoms with van der Waals surface area (Å²) in [6.45, 7) is 0. The van der Waals surface area contributed by atoms with Crippen LogP contribution in [0, 0.1) is 29.3 Å². The number of fused-ring (bicyclic) bond motifs is 1. The molecular formula is C14H9F5N2. The third-order valence-corrected chi connectivity index (χ3v) is 3.50. The monoisotopic (exact) mass is 300 g/mol. The highest BCUT2D eigenvalue weighted by molar-refractivity contribution is 5.50. The summed E-state index contributed by atoms with van der Waals surface area (Å²) < 4.78 is 66.4. The maximum atomic E-state index is 13.6. The molecule has 2 nitrogen and oxygen atoms in total. The largest absolute Gasteiger partial charge is 0.373 e. The molecule has 1 aliphatic rings. The molecule has 1 unspecified atom stereocenters. The zero-order valence-electron chi connectivity index (χ0n) is 10.6. The first-order chi connectivity index (χ1) is 9.97. The van der Waals surface area contributed by atoms with Gasteiger partial charge in [0.1, 0.15) is 11.5 Å². The van der Waals surface area contributed by atoms with E-state index in [1.807, 2.05) is 0 Å². The van der Waals surface area contributed by atoms with Gasteiger partial charge in [-0.25, -0.2) is 4.39 Å². The van der Waals surface area contributed by atoms with E-state index in [0.29, 0.717) is 24.0 Å². The summed E-state index contributed by atoms with van der Waals surface area (Å²) in [5, 5.41) is 2.44. The standard InChI is InChI=1S/C14H9F5N2/c15-7-2-3-8-6(5-7)1-4-9(8)20-12-10(16)13(18)21-14(19)11(12)17/h2-3,5,9H,1,4H2,(H,20,21). The zero-order chi connectivity index (χ0) is 15.1. The molecule has 21 heavy (non-hydrogen) atoms. The van der Waals surface area contributed by atoms with Gasteiger partial charge in [0.15, 0.2) is 0 Å². The van der Waals surface area contributed by atoms with Gasteiger partial charge >= 0.3 is 0 Å². The van der Waals surface area contributed by atoms with Crippen LogP contribution in [0.15, 0.2) is 18.2 Å². The van der Waals surface area contributed by atoms with Gasteiger partial charge in [0, 0.05) is 0 Å². The number of nitrogens with one attached hydrogen (secondary N) is 1. The van der Waals surface area contributed by atoms with Crippen molar-refractivity contribution in [2.24, 2.45) is 0 Å². The van der Waals surface area contributed by atoms with E-state index in [1.54, 1.807) is 0 Å². The Morgan fingerprint density at radius 1 is 1.00 bits per heavy atom. The Labute approximate surface area is 116 Å². The zero-order valence-corrected chi connectivity index (χ0v) is 10.6. The molecule has 2 aromatic rings. The molecule has 0 saturated carbocycles. The molecule has 0 amide bonds. The second kappa shape index (κ2) is 4.98. The van der Waals surface area contributed by atoms with E-state index in [-0.39, 0.29) is 0 Å². The van der Waals surface area contributed by atoms with Gasteiger partial charge in [-0.15, -0.1) is 0 Å². The first kappa shape index (κ1) is 13.8. The summed E-state index contributed by atoms with van der Waals surface area (Å²) in [7, 11) is 0. The van der Waals surface area contributed by atoms with E-state index >= 15 is 0 Å². The number of pyridine rings is 1. The number of hydrogen-bond donors (Lipinski definition) is 1. The van der Waals surface area contributed by atoms with Crippen molar-refractivity contribution < 1.29 is 22.0 Å². The van der Waals surface area contributed by atoms with Gasteiger partial charge in [0.2, 0.25) is 11.6 Å². The summed E-state index contributed by atoms with van der Waals surface area (Å²) in [5.41, 5.74) is 0.443. The number of aromatic nitrogens is 1. The second-order valence-corrected chi connectivity index (χ2v) is 4.78. The summed E-state index contributed by atoms with van der Waals surface area (Å²) in [4.78, 5) is 2.49. The Balaban J connectivity index is 1.97. The van der Waals surface area contributed by atoms with Crippen molar-refractivity contribution >= 4 is 5.69 Å². The number of nitrogens with zero attached hydrogens (tertiary/aromatic N) is 1. The average molecular weight is 300 g/mol. The number of benzene rings is 1. The van der Waals surface area contributed by atoms with Crippen LogP contribution in [0.3, 0.4) is 0 Å². The lowest BCUT2D eigenvalue weighted by Gasteiger charge is -2.16. The molecule has 0 aliphatic heterocycles. The van der Waals surface area contributed by atoms with Gasteiger partial charge in [0.05, 0.1) is 6.04 Å². The van der Waals surface area contributed by atoms with E-state index in [0.717, 1.165) is 0 Å². The molecule has 110 valence electrons. The molecule has 1 atom stereocenters. The second-order valence-electron chi connectivity index (χ2n) is 4.78. The molecule has 1 aliphatic carbocycles. The van der Waals surface area contributed by atoms with E-state index in [4.69, 9.17) is 0 Å². The molecule has 0 radical (unpaired) electrons. The predicted octanol–water partition coefficient (Wildman–Crippen LogP) is 3.88. The minimum absolute atomic E-state index is 0.409. The highest BCUT2D eigenvalue weighted by atomic mass is 19.2. The fraction of sp³-hybridized carbons (Fsp3) is 0.214. The summed E-state index contributed by atoms with van der Waals surface area (Å²) >= 11 is 0. The van der Waals surface area contributed by atoms with E-state index in [9.17, 15) is 22.0 Å². The average Bonchev–Trinajstić information content (AvgIpc) is 2.83. The highest BCUT2D eigenvalue weighted by Crippen LogP contribution is 2.36. The molecule has 0 saturated heterocycles. The van der Waals surface area contributed by atoms with Crippen LogP contribution in [0.5, 0.6) is 0 Å². The van der Waals surface area contributed by atoms with Gasteiger partial charge in [-0.3, -0.25) is 0 Å². The summed E-state index contributed by atoms with van der Waals surface area (Å²) in [6, 6.07) is 3.49. The molecule has 3 rings (SSSR count). The van der Waals surface area contributed by atoms with Crippen LogP contribution in [-0.2, 0) is 6.42 Å². The topological polar surface area (TPSA) is 24.9 Å². The molecule has 0 bridgehead atoms. The maximum Gasteiger partial charge on any atom is 0.253 e. The minimum Gasteiger partial charge on any atom is -0.373 e. The van der Waals surface area contributed by atoms with Crippen LogP contribution < -0.4 is 5.32 Å². The molecule has 1 heterocycles. The lowest BCUT2D eigenvalue weighted by Crippen LogP contribution is -2.13. The molecular weight excluding hydrogens is 291 g/mol. The third kappa shape index (κ3) is 2.32. The fourth-order valence-electron chi connectivity index (χ4n) is 2.52. The van der Waals surface area contributed by atoms with Crippen molar-refractivity contribution in [3.05, 3.63) is 58.7 Å². The van der Waals surface area contributed by atoms with Crippen molar-refractivity contribution in [3.63, 3.8) is 0 Å². The molecule has 1 aromatic heterocycles. The first-order valence-electron chi connectivity index (χ1n) is 6.22. The Hall–Kier alpha value is -2.18. The van der Waals surface area contributed by atoms with Crippen molar-refractivity contribution in [3.8, 4) is 0 Å². The van der Waals surface area contributed by atoms with Crippen molar-refractivity contribution in [1.82, 2.24) is 4.98 Å². The van der Waals surface area contributed by atoms with Crippen LogP contribution in [0.1, 0.15) is 23.6 Å². The predicted molar refractivity (Wildman–Crippen MR) is 65.2 cm³/mol. The lowest BCUT2D eigenvalue weighted by atomic mass is 10.1. The summed E-state index contributed by atoms with van der Waals surface area (Å²) in [5.74, 6) is -7.00. The Kier molecular flexibility index (Phi) is 3.27. The number of rotatable bonds is 2. The number of aryl methyl sites for hydroxylation is 1. The van der Waals surface area contributed by atoms with Crippen LogP contribution in [-0.4, -0.2) is 4.98 Å². The number of anilines is 1. The smallest absolute Gasteiger partial charge is 0.253 e. The minimum atomic E-state index is -1.71. The van der Waals surface area contributed by atoms with Crippen molar-refractivity contribution in [2.75, 3.05) is 5.32 Å². The van der Waals surface area contributed by atoms with E-state index in [1.165, 1.54) is 18.2 Å². The Morgan fingerprint density at radius 3 is 2.33 bits per heavy atom. The van der Waals surface area contributed by atoms with Crippen molar-refractivity contribution in [1.29, 1.82) is 0 Å². The Morgan fingerprint density at radius 2 is 1.67 bits per heavy atom. The molecule has 1 aromatic carbocycles. The van der Waals surface area contributed by atoms with Gasteiger partial charge < -0.3 is 5.32 Å².